The van der Waals surface area contributed by atoms with Gasteiger partial charge in [-0.15, -0.1) is 0 Å². The third-order valence-electron chi connectivity index (χ3n) is 4.08. The first-order valence-corrected chi connectivity index (χ1v) is 9.26. The van der Waals surface area contributed by atoms with E-state index in [1.54, 1.807) is 37.3 Å². The molecule has 0 saturated carbocycles. The van der Waals surface area contributed by atoms with Crippen molar-refractivity contribution in [3.63, 3.8) is 0 Å². The third kappa shape index (κ3) is 5.62. The molecule has 2 N–H and O–H groups in total. The van der Waals surface area contributed by atoms with E-state index >= 15 is 0 Å². The molecule has 3 aromatic rings. The smallest absolute Gasteiger partial charge is 0.338 e. The maximum atomic E-state index is 12.4. The van der Waals surface area contributed by atoms with Crippen LogP contribution in [-0.4, -0.2) is 28.5 Å². The third-order valence-corrected chi connectivity index (χ3v) is 4.08. The summed E-state index contributed by atoms with van der Waals surface area (Å²) in [7, 11) is 0. The van der Waals surface area contributed by atoms with Crippen molar-refractivity contribution < 1.29 is 14.3 Å². The average molecular weight is 390 g/mol. The molecule has 0 fully saturated rings. The predicted molar refractivity (Wildman–Crippen MR) is 110 cm³/mol. The van der Waals surface area contributed by atoms with Gasteiger partial charge in [0.2, 0.25) is 5.95 Å². The minimum absolute atomic E-state index is 0.262. The van der Waals surface area contributed by atoms with Crippen LogP contribution in [0.3, 0.4) is 0 Å². The van der Waals surface area contributed by atoms with E-state index in [0.717, 1.165) is 11.1 Å². The van der Waals surface area contributed by atoms with Crippen LogP contribution in [0, 0.1) is 6.92 Å². The van der Waals surface area contributed by atoms with Crippen LogP contribution >= 0.6 is 0 Å². The summed E-state index contributed by atoms with van der Waals surface area (Å²) in [5.74, 6) is -0.366. The molecule has 29 heavy (non-hydrogen) atoms. The summed E-state index contributed by atoms with van der Waals surface area (Å²) in [6, 6.07) is 16.2. The fraction of sp³-hybridized carbons (Fsp3) is 0.182. The van der Waals surface area contributed by atoms with Gasteiger partial charge in [0.05, 0.1) is 12.2 Å². The van der Waals surface area contributed by atoms with Crippen LogP contribution in [0.2, 0.25) is 0 Å². The van der Waals surface area contributed by atoms with Crippen molar-refractivity contribution in [3.05, 3.63) is 83.2 Å². The lowest BCUT2D eigenvalue weighted by Crippen LogP contribution is -2.24. The number of rotatable bonds is 7. The summed E-state index contributed by atoms with van der Waals surface area (Å²) >= 11 is 0. The van der Waals surface area contributed by atoms with E-state index in [1.165, 1.54) is 6.20 Å². The first-order chi connectivity index (χ1) is 14.0. The van der Waals surface area contributed by atoms with Gasteiger partial charge in [-0.2, -0.15) is 0 Å². The van der Waals surface area contributed by atoms with Crippen LogP contribution in [0.25, 0.3) is 0 Å². The first kappa shape index (κ1) is 20.0. The largest absolute Gasteiger partial charge is 0.462 e. The van der Waals surface area contributed by atoms with E-state index in [1.807, 2.05) is 31.2 Å². The fourth-order valence-corrected chi connectivity index (χ4v) is 2.67. The van der Waals surface area contributed by atoms with Gasteiger partial charge in [0.15, 0.2) is 0 Å². The van der Waals surface area contributed by atoms with E-state index in [-0.39, 0.29) is 23.5 Å². The highest BCUT2D eigenvalue weighted by atomic mass is 16.5. The number of amides is 1. The Morgan fingerprint density at radius 1 is 1.07 bits per heavy atom. The number of aryl methyl sites for hydroxylation is 1. The molecule has 1 amide bonds. The molecule has 2 aromatic carbocycles. The molecular formula is C22H22N4O3. The number of carbonyl (C=O) groups is 2. The molecule has 7 heteroatoms. The Kier molecular flexibility index (Phi) is 6.52. The second-order valence-electron chi connectivity index (χ2n) is 6.36. The summed E-state index contributed by atoms with van der Waals surface area (Å²) in [6.45, 7) is 4.51. The number of anilines is 2. The number of ether oxygens (including phenoxy) is 1. The van der Waals surface area contributed by atoms with Crippen LogP contribution in [0.15, 0.2) is 60.8 Å². The Bertz CT molecular complexity index is 1000. The Morgan fingerprint density at radius 3 is 2.59 bits per heavy atom. The number of aromatic nitrogens is 2. The monoisotopic (exact) mass is 390 g/mol. The van der Waals surface area contributed by atoms with Crippen LogP contribution in [0.4, 0.5) is 11.6 Å². The summed E-state index contributed by atoms with van der Waals surface area (Å²) in [5.41, 5.74) is 3.57. The highest BCUT2D eigenvalue weighted by molar-refractivity contribution is 5.92. The van der Waals surface area contributed by atoms with Crippen molar-refractivity contribution in [1.29, 1.82) is 0 Å². The Morgan fingerprint density at radius 2 is 1.86 bits per heavy atom. The second-order valence-corrected chi connectivity index (χ2v) is 6.36. The summed E-state index contributed by atoms with van der Waals surface area (Å²) in [5, 5.41) is 5.88. The summed E-state index contributed by atoms with van der Waals surface area (Å²) < 4.78 is 4.96. The van der Waals surface area contributed by atoms with Gasteiger partial charge in [-0.05, 0) is 49.7 Å². The summed E-state index contributed by atoms with van der Waals surface area (Å²) in [6.07, 6.45) is 1.52. The molecule has 0 radical (unpaired) electrons. The van der Waals surface area contributed by atoms with E-state index in [9.17, 15) is 9.59 Å². The van der Waals surface area contributed by atoms with Gasteiger partial charge in [-0.25, -0.2) is 14.8 Å². The molecular weight excluding hydrogens is 368 g/mol. The average Bonchev–Trinajstić information content (AvgIpc) is 2.73. The zero-order chi connectivity index (χ0) is 20.6. The molecule has 3 rings (SSSR count). The van der Waals surface area contributed by atoms with Gasteiger partial charge in [0, 0.05) is 18.4 Å². The van der Waals surface area contributed by atoms with Gasteiger partial charge >= 0.3 is 5.97 Å². The molecule has 0 aliphatic carbocycles. The number of benzene rings is 2. The predicted octanol–water partition coefficient (Wildman–Crippen LogP) is 3.64. The van der Waals surface area contributed by atoms with Crippen molar-refractivity contribution in [3.8, 4) is 0 Å². The van der Waals surface area contributed by atoms with E-state index in [0.29, 0.717) is 24.4 Å². The molecule has 1 heterocycles. The van der Waals surface area contributed by atoms with Gasteiger partial charge in [-0.3, -0.25) is 4.79 Å². The molecule has 0 aliphatic heterocycles. The number of nitrogens with one attached hydrogen (secondary N) is 2. The maximum Gasteiger partial charge on any atom is 0.338 e. The number of carbonyl (C=O) groups excluding carboxylic acids is 2. The first-order valence-electron chi connectivity index (χ1n) is 9.26. The minimum atomic E-state index is -0.373. The van der Waals surface area contributed by atoms with Crippen molar-refractivity contribution in [2.45, 2.75) is 20.4 Å². The molecule has 0 spiro atoms. The van der Waals surface area contributed by atoms with Crippen LogP contribution in [-0.2, 0) is 11.3 Å². The van der Waals surface area contributed by atoms with Crippen LogP contribution in [0.1, 0.15) is 38.9 Å². The topological polar surface area (TPSA) is 93.2 Å². The number of hydrogen-bond donors (Lipinski definition) is 2. The molecule has 0 unspecified atom stereocenters. The fourth-order valence-electron chi connectivity index (χ4n) is 2.67. The molecule has 0 saturated heterocycles. The lowest BCUT2D eigenvalue weighted by molar-refractivity contribution is 0.0526. The van der Waals surface area contributed by atoms with Crippen molar-refractivity contribution in [2.24, 2.45) is 0 Å². The van der Waals surface area contributed by atoms with E-state index < -0.39 is 0 Å². The van der Waals surface area contributed by atoms with Gasteiger partial charge < -0.3 is 15.4 Å². The van der Waals surface area contributed by atoms with Crippen LogP contribution in [0.5, 0.6) is 0 Å². The SMILES string of the molecule is CCOC(=O)c1ccc(Nc2nccc(C(=O)NCc3cccc(C)c3)n2)cc1. The highest BCUT2D eigenvalue weighted by Gasteiger charge is 2.10. The molecule has 0 atom stereocenters. The Hall–Kier alpha value is -3.74. The Labute approximate surface area is 169 Å². The molecule has 148 valence electrons. The van der Waals surface area contributed by atoms with E-state index in [2.05, 4.69) is 20.6 Å². The van der Waals surface area contributed by atoms with Gasteiger partial charge in [0.1, 0.15) is 5.69 Å². The van der Waals surface area contributed by atoms with Crippen molar-refractivity contribution in [1.82, 2.24) is 15.3 Å². The normalized spacial score (nSPS) is 10.3. The van der Waals surface area contributed by atoms with Gasteiger partial charge in [0.25, 0.3) is 5.91 Å². The molecule has 7 nitrogen and oxygen atoms in total. The quantitative estimate of drug-likeness (QED) is 0.599. The Balaban J connectivity index is 1.63. The van der Waals surface area contributed by atoms with E-state index in [4.69, 9.17) is 4.74 Å². The standard InChI is InChI=1S/C22H22N4O3/c1-3-29-21(28)17-7-9-18(10-8-17)25-22-23-12-11-19(26-22)20(27)24-14-16-6-4-5-15(2)13-16/h4-13H,3,14H2,1-2H3,(H,24,27)(H,23,25,26). The maximum absolute atomic E-state index is 12.4. The second kappa shape index (κ2) is 9.45. The number of hydrogen-bond acceptors (Lipinski definition) is 6. The van der Waals surface area contributed by atoms with Crippen LogP contribution < -0.4 is 10.6 Å². The number of esters is 1. The zero-order valence-electron chi connectivity index (χ0n) is 16.3. The summed E-state index contributed by atoms with van der Waals surface area (Å²) in [4.78, 5) is 32.5. The molecule has 0 aliphatic rings. The van der Waals surface area contributed by atoms with Crippen molar-refractivity contribution >= 4 is 23.5 Å². The van der Waals surface area contributed by atoms with Gasteiger partial charge in [-0.1, -0.05) is 29.8 Å². The molecule has 0 bridgehead atoms. The lowest BCUT2D eigenvalue weighted by Gasteiger charge is -2.08. The lowest BCUT2D eigenvalue weighted by atomic mass is 10.1. The molecule has 1 aromatic heterocycles. The minimum Gasteiger partial charge on any atom is -0.462 e. The number of nitrogens with zero attached hydrogens (tertiary/aromatic N) is 2. The zero-order valence-corrected chi connectivity index (χ0v) is 16.3. The van der Waals surface area contributed by atoms with Crippen molar-refractivity contribution in [2.75, 3.05) is 11.9 Å². The highest BCUT2D eigenvalue weighted by Crippen LogP contribution is 2.15.